The summed E-state index contributed by atoms with van der Waals surface area (Å²) in [4.78, 5) is 24.4. The largest absolute Gasteiger partial charge is 0.348 e. The lowest BCUT2D eigenvalue weighted by atomic mass is 10.1. The number of thiophene rings is 1. The van der Waals surface area contributed by atoms with Crippen LogP contribution in [0.3, 0.4) is 0 Å². The second-order valence-electron chi connectivity index (χ2n) is 7.34. The molecule has 1 N–H and O–H groups in total. The van der Waals surface area contributed by atoms with Crippen LogP contribution in [0, 0.1) is 13.8 Å². The van der Waals surface area contributed by atoms with Gasteiger partial charge in [0.1, 0.15) is 0 Å². The molecule has 4 aromatic heterocycles. The van der Waals surface area contributed by atoms with Gasteiger partial charge in [0.2, 0.25) is 0 Å². The number of fused-ring (bicyclic) bond motifs is 1. The Labute approximate surface area is 173 Å². The van der Waals surface area contributed by atoms with Gasteiger partial charge in [-0.3, -0.25) is 9.78 Å². The third-order valence-electron chi connectivity index (χ3n) is 4.82. The fourth-order valence-electron chi connectivity index (χ4n) is 3.39. The van der Waals surface area contributed by atoms with E-state index in [-0.39, 0.29) is 11.9 Å². The molecule has 0 aromatic carbocycles. The van der Waals surface area contributed by atoms with Crippen LogP contribution < -0.4 is 5.32 Å². The van der Waals surface area contributed by atoms with E-state index < -0.39 is 0 Å². The number of aryl methyl sites for hydroxylation is 2. The summed E-state index contributed by atoms with van der Waals surface area (Å²) in [6, 6.07) is 7.94. The summed E-state index contributed by atoms with van der Waals surface area (Å²) in [7, 11) is 0. The average Bonchev–Trinajstić information content (AvgIpc) is 3.28. The second kappa shape index (κ2) is 7.75. The van der Waals surface area contributed by atoms with Crippen LogP contribution in [0.2, 0.25) is 0 Å². The van der Waals surface area contributed by atoms with E-state index in [1.807, 2.05) is 22.9 Å². The summed E-state index contributed by atoms with van der Waals surface area (Å²) >= 11 is 1.73. The van der Waals surface area contributed by atoms with Crippen molar-refractivity contribution in [3.05, 3.63) is 63.7 Å². The van der Waals surface area contributed by atoms with Gasteiger partial charge in [0.25, 0.3) is 5.91 Å². The molecular weight excluding hydrogens is 382 g/mol. The smallest absolute Gasteiger partial charge is 0.252 e. The van der Waals surface area contributed by atoms with Gasteiger partial charge in [-0.15, -0.1) is 11.3 Å². The maximum absolute atomic E-state index is 13.1. The molecule has 0 spiro atoms. The molecule has 7 heteroatoms. The molecule has 0 bridgehead atoms. The summed E-state index contributed by atoms with van der Waals surface area (Å²) in [5.74, 6) is -0.136. The number of nitrogens with one attached hydrogen (secondary N) is 1. The topological polar surface area (TPSA) is 72.7 Å². The number of nitrogens with zero attached hydrogens (tertiary/aromatic N) is 4. The summed E-state index contributed by atoms with van der Waals surface area (Å²) in [6.07, 6.45) is 5.18. The van der Waals surface area contributed by atoms with E-state index in [4.69, 9.17) is 4.98 Å². The predicted octanol–water partition coefficient (Wildman–Crippen LogP) is 4.68. The molecule has 0 atom stereocenters. The Morgan fingerprint density at radius 1 is 1.21 bits per heavy atom. The van der Waals surface area contributed by atoms with Crippen LogP contribution in [0.5, 0.6) is 0 Å². The Hall–Kier alpha value is -3.06. The molecule has 6 nitrogen and oxygen atoms in total. The monoisotopic (exact) mass is 405 g/mol. The molecule has 4 rings (SSSR count). The van der Waals surface area contributed by atoms with Crippen LogP contribution in [0.1, 0.15) is 45.6 Å². The number of hydrogen-bond acceptors (Lipinski definition) is 5. The van der Waals surface area contributed by atoms with Gasteiger partial charge < -0.3 is 5.32 Å². The summed E-state index contributed by atoms with van der Waals surface area (Å²) in [5, 5.41) is 8.27. The molecule has 1 amide bonds. The molecule has 148 valence electrons. The SMILES string of the molecule is Cc1cc(-c2cc(C(=O)NCc3ccncc3)c3cnn(C(C)C)c3n2)c(C)s1. The molecule has 4 aromatic rings. The highest BCUT2D eigenvalue weighted by molar-refractivity contribution is 7.12. The third-order valence-corrected chi connectivity index (χ3v) is 5.79. The van der Waals surface area contributed by atoms with Crippen molar-refractivity contribution in [2.24, 2.45) is 0 Å². The minimum atomic E-state index is -0.136. The lowest BCUT2D eigenvalue weighted by molar-refractivity contribution is 0.0952. The van der Waals surface area contributed by atoms with Crippen LogP contribution in [0.4, 0.5) is 0 Å². The van der Waals surface area contributed by atoms with Crippen molar-refractivity contribution in [2.45, 2.75) is 40.3 Å². The molecule has 0 aliphatic rings. The predicted molar refractivity (Wildman–Crippen MR) is 116 cm³/mol. The van der Waals surface area contributed by atoms with E-state index in [2.05, 4.69) is 49.2 Å². The van der Waals surface area contributed by atoms with E-state index in [0.717, 1.165) is 27.9 Å². The van der Waals surface area contributed by atoms with Gasteiger partial charge in [-0.05, 0) is 57.5 Å². The Balaban J connectivity index is 1.79. The number of carbonyl (C=O) groups is 1. The Morgan fingerprint density at radius 3 is 2.62 bits per heavy atom. The van der Waals surface area contributed by atoms with Crippen molar-refractivity contribution in [1.29, 1.82) is 0 Å². The highest BCUT2D eigenvalue weighted by Crippen LogP contribution is 2.32. The molecule has 0 aliphatic heterocycles. The Bertz CT molecular complexity index is 1180. The van der Waals surface area contributed by atoms with E-state index in [9.17, 15) is 4.79 Å². The molecule has 0 aliphatic carbocycles. The van der Waals surface area contributed by atoms with E-state index in [1.165, 1.54) is 9.75 Å². The minimum absolute atomic E-state index is 0.136. The fraction of sp³-hybridized carbons (Fsp3) is 0.273. The van der Waals surface area contributed by atoms with Crippen molar-refractivity contribution in [1.82, 2.24) is 25.1 Å². The van der Waals surface area contributed by atoms with Crippen LogP contribution in [-0.2, 0) is 6.54 Å². The zero-order valence-electron chi connectivity index (χ0n) is 16.9. The maximum atomic E-state index is 13.1. The first-order valence-corrected chi connectivity index (χ1v) is 10.4. The van der Waals surface area contributed by atoms with Crippen LogP contribution in [0.15, 0.2) is 42.9 Å². The minimum Gasteiger partial charge on any atom is -0.348 e. The van der Waals surface area contributed by atoms with Crippen LogP contribution in [-0.4, -0.2) is 25.7 Å². The van der Waals surface area contributed by atoms with Crippen LogP contribution >= 0.6 is 11.3 Å². The van der Waals surface area contributed by atoms with Crippen molar-refractivity contribution in [3.8, 4) is 11.3 Å². The average molecular weight is 406 g/mol. The zero-order valence-corrected chi connectivity index (χ0v) is 17.7. The zero-order chi connectivity index (χ0) is 20.5. The molecule has 29 heavy (non-hydrogen) atoms. The van der Waals surface area contributed by atoms with Crippen molar-refractivity contribution < 1.29 is 4.79 Å². The van der Waals surface area contributed by atoms with Crippen LogP contribution in [0.25, 0.3) is 22.3 Å². The van der Waals surface area contributed by atoms with E-state index >= 15 is 0 Å². The molecule has 0 unspecified atom stereocenters. The van der Waals surface area contributed by atoms with Crippen molar-refractivity contribution >= 4 is 28.3 Å². The lowest BCUT2D eigenvalue weighted by Crippen LogP contribution is -2.23. The summed E-state index contributed by atoms with van der Waals surface area (Å²) in [5.41, 5.74) is 4.19. The molecule has 0 saturated heterocycles. The quantitative estimate of drug-likeness (QED) is 0.523. The van der Waals surface area contributed by atoms with Crippen molar-refractivity contribution in [2.75, 3.05) is 0 Å². The van der Waals surface area contributed by atoms with Gasteiger partial charge in [-0.1, -0.05) is 0 Å². The molecule has 0 saturated carbocycles. The number of aromatic nitrogens is 4. The first kappa shape index (κ1) is 19.3. The fourth-order valence-corrected chi connectivity index (χ4v) is 4.32. The highest BCUT2D eigenvalue weighted by atomic mass is 32.1. The number of amides is 1. The van der Waals surface area contributed by atoms with Gasteiger partial charge in [0.05, 0.1) is 22.8 Å². The van der Waals surface area contributed by atoms with E-state index in [1.54, 1.807) is 29.9 Å². The van der Waals surface area contributed by atoms with Gasteiger partial charge >= 0.3 is 0 Å². The summed E-state index contributed by atoms with van der Waals surface area (Å²) < 4.78 is 1.87. The first-order chi connectivity index (χ1) is 13.9. The summed E-state index contributed by atoms with van der Waals surface area (Å²) in [6.45, 7) is 8.73. The maximum Gasteiger partial charge on any atom is 0.252 e. The number of pyridine rings is 2. The normalized spacial score (nSPS) is 11.3. The van der Waals surface area contributed by atoms with E-state index in [0.29, 0.717) is 12.1 Å². The second-order valence-corrected chi connectivity index (χ2v) is 8.80. The standard InChI is InChI=1S/C22H23N5OS/c1-13(2)27-21-19(12-25-27)18(22(28)24-11-16-5-7-23-8-6-16)10-20(26-21)17-9-14(3)29-15(17)4/h5-10,12-13H,11H2,1-4H3,(H,24,28). The Kier molecular flexibility index (Phi) is 5.15. The molecule has 4 heterocycles. The first-order valence-electron chi connectivity index (χ1n) is 9.57. The highest BCUT2D eigenvalue weighted by Gasteiger charge is 2.19. The number of hydrogen-bond donors (Lipinski definition) is 1. The van der Waals surface area contributed by atoms with Crippen molar-refractivity contribution in [3.63, 3.8) is 0 Å². The Morgan fingerprint density at radius 2 is 1.97 bits per heavy atom. The van der Waals surface area contributed by atoms with Gasteiger partial charge in [-0.25, -0.2) is 9.67 Å². The number of carbonyl (C=O) groups excluding carboxylic acids is 1. The number of rotatable bonds is 5. The van der Waals surface area contributed by atoms with Gasteiger partial charge in [-0.2, -0.15) is 5.10 Å². The molecule has 0 fully saturated rings. The molecular formula is C22H23N5OS. The van der Waals surface area contributed by atoms with Gasteiger partial charge in [0.15, 0.2) is 5.65 Å². The van der Waals surface area contributed by atoms with Gasteiger partial charge in [0, 0.05) is 40.3 Å². The third kappa shape index (κ3) is 3.78. The lowest BCUT2D eigenvalue weighted by Gasteiger charge is -2.11. The molecule has 0 radical (unpaired) electrons.